The minimum Gasteiger partial charge on any atom is -0.481 e. The summed E-state index contributed by atoms with van der Waals surface area (Å²) in [6, 6.07) is 0. The Bertz CT molecular complexity index is 709. The summed E-state index contributed by atoms with van der Waals surface area (Å²) in [5, 5.41) is 22.6. The third-order valence-electron chi connectivity index (χ3n) is 2.88. The Kier molecular flexibility index (Phi) is 12.4. The SMILES string of the molecule is CC(=O)Nc1c(I)c(NC(C)=O)c(I)c(C(=O)O)c1I.CCCCC(=O)O. The van der Waals surface area contributed by atoms with E-state index in [2.05, 4.69) is 10.6 Å². The third kappa shape index (κ3) is 8.89. The number of halogens is 3. The number of carboxylic acids is 2. The first-order valence-corrected chi connectivity index (χ1v) is 10.9. The van der Waals surface area contributed by atoms with Gasteiger partial charge in [0.05, 0.1) is 27.6 Å². The van der Waals surface area contributed by atoms with E-state index in [4.69, 9.17) is 5.11 Å². The molecule has 0 atom stereocenters. The van der Waals surface area contributed by atoms with Gasteiger partial charge >= 0.3 is 11.9 Å². The molecule has 0 radical (unpaired) electrons. The van der Waals surface area contributed by atoms with E-state index in [-0.39, 0.29) is 17.4 Å². The van der Waals surface area contributed by atoms with E-state index >= 15 is 0 Å². The zero-order valence-electron chi connectivity index (χ0n) is 14.8. The van der Waals surface area contributed by atoms with Crippen molar-refractivity contribution in [3.63, 3.8) is 0 Å². The number of aromatic carboxylic acids is 1. The maximum Gasteiger partial charge on any atom is 0.338 e. The van der Waals surface area contributed by atoms with E-state index < -0.39 is 11.9 Å². The van der Waals surface area contributed by atoms with E-state index in [1.165, 1.54) is 13.8 Å². The van der Waals surface area contributed by atoms with Gasteiger partial charge in [-0.3, -0.25) is 14.4 Å². The van der Waals surface area contributed by atoms with Gasteiger partial charge in [-0.2, -0.15) is 0 Å². The molecule has 11 heteroatoms. The summed E-state index contributed by atoms with van der Waals surface area (Å²) >= 11 is 5.71. The fourth-order valence-electron chi connectivity index (χ4n) is 1.75. The molecule has 0 saturated heterocycles. The van der Waals surface area contributed by atoms with Crippen molar-refractivity contribution >= 4 is 103 Å². The molecule has 0 saturated carbocycles. The number of hydrogen-bond acceptors (Lipinski definition) is 4. The molecule has 0 aliphatic carbocycles. The summed E-state index contributed by atoms with van der Waals surface area (Å²) in [6.45, 7) is 4.65. The summed E-state index contributed by atoms with van der Waals surface area (Å²) in [6.07, 6.45) is 2.08. The highest BCUT2D eigenvalue weighted by Crippen LogP contribution is 2.38. The zero-order valence-corrected chi connectivity index (χ0v) is 21.3. The van der Waals surface area contributed by atoms with Crippen molar-refractivity contribution in [3.8, 4) is 0 Å². The number of carboxylic acid groups (broad SMARTS) is 2. The minimum absolute atomic E-state index is 0.0547. The van der Waals surface area contributed by atoms with Gasteiger partial charge in [0.1, 0.15) is 0 Å². The summed E-state index contributed by atoms with van der Waals surface area (Å²) in [5.41, 5.74) is 0.833. The van der Waals surface area contributed by atoms with Gasteiger partial charge in [-0.15, -0.1) is 0 Å². The maximum absolute atomic E-state index is 11.4. The molecule has 0 unspecified atom stereocenters. The van der Waals surface area contributed by atoms with Crippen LogP contribution in [0.2, 0.25) is 0 Å². The van der Waals surface area contributed by atoms with Crippen LogP contribution in [0, 0.1) is 10.7 Å². The first kappa shape index (κ1) is 26.3. The Labute approximate surface area is 197 Å². The average Bonchev–Trinajstić information content (AvgIpc) is 2.53. The summed E-state index contributed by atoms with van der Waals surface area (Å²) in [7, 11) is 0. The van der Waals surface area contributed by atoms with Crippen LogP contribution in [0.5, 0.6) is 0 Å². The molecule has 150 valence electrons. The lowest BCUT2D eigenvalue weighted by atomic mass is 10.1. The van der Waals surface area contributed by atoms with Crippen molar-refractivity contribution in [2.24, 2.45) is 0 Å². The molecule has 1 aromatic carbocycles. The number of anilines is 2. The number of aliphatic carboxylic acids is 1. The highest BCUT2D eigenvalue weighted by molar-refractivity contribution is 14.1. The standard InChI is InChI=1S/C11H9I3N2O4.C5H10O2/c1-3(17)15-9-6(12)5(11(19)20)7(13)10(8(9)14)16-4(2)18;1-2-3-4-5(6)7/h1-2H3,(H,15,17)(H,16,18)(H,19,20);2-4H2,1H3,(H,6,7). The highest BCUT2D eigenvalue weighted by atomic mass is 127. The second kappa shape index (κ2) is 12.7. The topological polar surface area (TPSA) is 133 Å². The van der Waals surface area contributed by atoms with Crippen molar-refractivity contribution in [1.29, 1.82) is 0 Å². The van der Waals surface area contributed by atoms with Crippen LogP contribution in [0.4, 0.5) is 11.4 Å². The molecular weight excluding hydrogens is 697 g/mol. The molecule has 8 nitrogen and oxygen atoms in total. The van der Waals surface area contributed by atoms with Crippen LogP contribution in [-0.4, -0.2) is 34.0 Å². The number of rotatable bonds is 6. The molecule has 1 aromatic rings. The molecular formula is C16H19I3N2O6. The Morgan fingerprint density at radius 1 is 0.852 bits per heavy atom. The van der Waals surface area contributed by atoms with Crippen molar-refractivity contribution < 1.29 is 29.4 Å². The Morgan fingerprint density at radius 3 is 1.48 bits per heavy atom. The lowest BCUT2D eigenvalue weighted by Gasteiger charge is -2.17. The van der Waals surface area contributed by atoms with Crippen molar-refractivity contribution in [1.82, 2.24) is 0 Å². The fraction of sp³-hybridized carbons (Fsp3) is 0.375. The summed E-state index contributed by atoms with van der Waals surface area (Å²) in [4.78, 5) is 43.7. The van der Waals surface area contributed by atoms with E-state index in [0.717, 1.165) is 12.8 Å². The molecule has 0 bridgehead atoms. The molecule has 0 spiro atoms. The molecule has 0 heterocycles. The molecule has 0 aliphatic rings. The first-order valence-electron chi connectivity index (χ1n) is 7.64. The smallest absolute Gasteiger partial charge is 0.338 e. The number of carbonyl (C=O) groups excluding carboxylic acids is 2. The molecule has 4 N–H and O–H groups in total. The summed E-state index contributed by atoms with van der Waals surface area (Å²) < 4.78 is 1.44. The first-order chi connectivity index (χ1) is 12.4. The molecule has 27 heavy (non-hydrogen) atoms. The number of unbranched alkanes of at least 4 members (excludes halogenated alkanes) is 1. The number of hydrogen-bond donors (Lipinski definition) is 4. The van der Waals surface area contributed by atoms with Gasteiger partial charge in [0.2, 0.25) is 11.8 Å². The normalized spacial score (nSPS) is 9.70. The summed E-state index contributed by atoms with van der Waals surface area (Å²) in [5.74, 6) is -2.44. The Balaban J connectivity index is 0.000000821. The van der Waals surface area contributed by atoms with Crippen LogP contribution in [0.3, 0.4) is 0 Å². The zero-order chi connectivity index (χ0) is 21.3. The van der Waals surface area contributed by atoms with Crippen LogP contribution >= 0.6 is 67.8 Å². The molecule has 1 rings (SSSR count). The maximum atomic E-state index is 11.4. The lowest BCUT2D eigenvalue weighted by molar-refractivity contribution is -0.137. The van der Waals surface area contributed by atoms with Crippen LogP contribution in [0.15, 0.2) is 0 Å². The molecule has 0 aliphatic heterocycles. The van der Waals surface area contributed by atoms with E-state index in [0.29, 0.717) is 28.5 Å². The van der Waals surface area contributed by atoms with Crippen LogP contribution in [0.25, 0.3) is 0 Å². The van der Waals surface area contributed by atoms with E-state index in [1.54, 1.807) is 0 Å². The van der Waals surface area contributed by atoms with Gasteiger partial charge < -0.3 is 20.8 Å². The molecule has 0 aromatic heterocycles. The Morgan fingerprint density at radius 2 is 1.26 bits per heavy atom. The van der Waals surface area contributed by atoms with Crippen LogP contribution in [0.1, 0.15) is 50.4 Å². The van der Waals surface area contributed by atoms with Crippen molar-refractivity contribution in [2.75, 3.05) is 10.6 Å². The fourth-order valence-corrected chi connectivity index (χ4v) is 5.92. The van der Waals surface area contributed by atoms with Gasteiger partial charge in [0.25, 0.3) is 0 Å². The van der Waals surface area contributed by atoms with E-state index in [1.807, 2.05) is 74.7 Å². The Hall–Kier alpha value is -0.710. The van der Waals surface area contributed by atoms with Gasteiger partial charge in [0.15, 0.2) is 0 Å². The highest BCUT2D eigenvalue weighted by Gasteiger charge is 2.25. The van der Waals surface area contributed by atoms with Crippen LogP contribution < -0.4 is 10.6 Å². The second-order valence-corrected chi connectivity index (χ2v) is 8.47. The second-order valence-electron chi connectivity index (χ2n) is 5.23. The lowest BCUT2D eigenvalue weighted by Crippen LogP contribution is -2.17. The van der Waals surface area contributed by atoms with Gasteiger partial charge in [-0.05, 0) is 74.2 Å². The average molecular weight is 716 g/mol. The number of nitrogens with one attached hydrogen (secondary N) is 2. The van der Waals surface area contributed by atoms with Gasteiger partial charge in [-0.25, -0.2) is 4.79 Å². The van der Waals surface area contributed by atoms with Gasteiger partial charge in [-0.1, -0.05) is 13.3 Å². The predicted octanol–water partition coefficient (Wildman–Crippen LogP) is 4.38. The predicted molar refractivity (Wildman–Crippen MR) is 127 cm³/mol. The number of carbonyl (C=O) groups is 4. The number of amides is 2. The molecule has 2 amide bonds. The monoisotopic (exact) mass is 716 g/mol. The van der Waals surface area contributed by atoms with Gasteiger partial charge in [0, 0.05) is 20.3 Å². The van der Waals surface area contributed by atoms with Crippen molar-refractivity contribution in [2.45, 2.75) is 40.0 Å². The van der Waals surface area contributed by atoms with Crippen LogP contribution in [-0.2, 0) is 14.4 Å². The third-order valence-corrected chi connectivity index (χ3v) is 6.11. The number of benzene rings is 1. The largest absolute Gasteiger partial charge is 0.481 e. The van der Waals surface area contributed by atoms with E-state index in [9.17, 15) is 24.3 Å². The van der Waals surface area contributed by atoms with Crippen molar-refractivity contribution in [3.05, 3.63) is 16.3 Å². The quantitative estimate of drug-likeness (QED) is 0.324. The molecule has 0 fully saturated rings. The minimum atomic E-state index is -1.12.